The Bertz CT molecular complexity index is 769. The third kappa shape index (κ3) is 5.98. The van der Waals surface area contributed by atoms with Crippen molar-refractivity contribution in [2.24, 2.45) is 4.99 Å². The highest BCUT2D eigenvalue weighted by Gasteiger charge is 2.41. The maximum Gasteiger partial charge on any atom is 0.194 e. The van der Waals surface area contributed by atoms with Crippen molar-refractivity contribution in [3.05, 3.63) is 60.1 Å². The fraction of sp³-hybridized carbons (Fsp3) is 0.522. The van der Waals surface area contributed by atoms with Crippen molar-refractivity contribution < 1.29 is 9.15 Å². The van der Waals surface area contributed by atoms with Gasteiger partial charge in [0.25, 0.3) is 0 Å². The van der Waals surface area contributed by atoms with Crippen LogP contribution in [0, 0.1) is 0 Å². The minimum atomic E-state index is 0. The summed E-state index contributed by atoms with van der Waals surface area (Å²) in [4.78, 5) is 9.78. The molecule has 2 atom stereocenters. The lowest BCUT2D eigenvalue weighted by Crippen LogP contribution is -2.50. The first-order valence-corrected chi connectivity index (χ1v) is 10.8. The number of nitrogens with one attached hydrogen (secondary N) is 1. The molecule has 3 heterocycles. The Morgan fingerprint density at radius 3 is 2.80 bits per heavy atom. The maximum atomic E-state index is 6.14. The van der Waals surface area contributed by atoms with E-state index >= 15 is 0 Å². The van der Waals surface area contributed by atoms with Crippen LogP contribution in [0.4, 0.5) is 0 Å². The average molecular weight is 524 g/mol. The molecule has 1 aromatic heterocycles. The number of morpholine rings is 1. The summed E-state index contributed by atoms with van der Waals surface area (Å²) in [5.41, 5.74) is 1.36. The van der Waals surface area contributed by atoms with Gasteiger partial charge in [-0.3, -0.25) is 9.89 Å². The number of ether oxygens (including phenoxy) is 1. The summed E-state index contributed by atoms with van der Waals surface area (Å²) < 4.78 is 11.6. The molecule has 0 spiro atoms. The Morgan fingerprint density at radius 1 is 1.17 bits per heavy atom. The number of aliphatic imine (C=N–C) groups is 1. The van der Waals surface area contributed by atoms with Crippen LogP contribution in [0.25, 0.3) is 0 Å². The smallest absolute Gasteiger partial charge is 0.194 e. The Labute approximate surface area is 196 Å². The third-order valence-corrected chi connectivity index (χ3v) is 5.66. The van der Waals surface area contributed by atoms with Crippen LogP contribution in [0.15, 0.2) is 58.1 Å². The SMILES string of the molecule is CCCN=C(NCCc1ccco1)N1CC2OCCN(Cc3ccccc3)C2C1.I. The van der Waals surface area contributed by atoms with Crippen LogP contribution in [0.5, 0.6) is 0 Å². The molecule has 1 aromatic carbocycles. The largest absolute Gasteiger partial charge is 0.469 e. The predicted octanol–water partition coefficient (Wildman–Crippen LogP) is 3.38. The number of furan rings is 1. The molecule has 2 aliphatic heterocycles. The van der Waals surface area contributed by atoms with Gasteiger partial charge in [0.05, 0.1) is 25.0 Å². The first-order valence-electron chi connectivity index (χ1n) is 10.8. The minimum Gasteiger partial charge on any atom is -0.469 e. The van der Waals surface area contributed by atoms with E-state index in [1.165, 1.54) is 5.56 Å². The van der Waals surface area contributed by atoms with Crippen LogP contribution in [-0.2, 0) is 17.7 Å². The Balaban J connectivity index is 0.00000256. The molecule has 2 aromatic rings. The van der Waals surface area contributed by atoms with E-state index in [2.05, 4.69) is 52.4 Å². The lowest BCUT2D eigenvalue weighted by molar-refractivity contribution is -0.0502. The lowest BCUT2D eigenvalue weighted by atomic mass is 10.1. The van der Waals surface area contributed by atoms with Crippen molar-refractivity contribution >= 4 is 29.9 Å². The first-order chi connectivity index (χ1) is 14.3. The summed E-state index contributed by atoms with van der Waals surface area (Å²) in [5, 5.41) is 3.55. The number of rotatable bonds is 7. The highest BCUT2D eigenvalue weighted by Crippen LogP contribution is 2.24. The molecule has 7 heteroatoms. The molecule has 2 fully saturated rings. The van der Waals surface area contributed by atoms with Crippen molar-refractivity contribution in [2.75, 3.05) is 39.3 Å². The highest BCUT2D eigenvalue weighted by atomic mass is 127. The maximum absolute atomic E-state index is 6.14. The number of hydrogen-bond acceptors (Lipinski definition) is 4. The minimum absolute atomic E-state index is 0. The zero-order valence-corrected chi connectivity index (χ0v) is 20.0. The molecule has 0 saturated carbocycles. The number of guanidine groups is 1. The van der Waals surface area contributed by atoms with E-state index in [-0.39, 0.29) is 30.1 Å². The van der Waals surface area contributed by atoms with Crippen LogP contribution in [0.1, 0.15) is 24.7 Å². The van der Waals surface area contributed by atoms with Gasteiger partial charge < -0.3 is 19.4 Å². The quantitative estimate of drug-likeness (QED) is 0.342. The predicted molar refractivity (Wildman–Crippen MR) is 130 cm³/mol. The van der Waals surface area contributed by atoms with Crippen LogP contribution in [0.2, 0.25) is 0 Å². The summed E-state index contributed by atoms with van der Waals surface area (Å²) in [6.45, 7) is 8.43. The fourth-order valence-electron chi connectivity index (χ4n) is 4.18. The zero-order valence-electron chi connectivity index (χ0n) is 17.7. The van der Waals surface area contributed by atoms with E-state index in [9.17, 15) is 0 Å². The molecule has 1 N–H and O–H groups in total. The fourth-order valence-corrected chi connectivity index (χ4v) is 4.18. The monoisotopic (exact) mass is 524 g/mol. The molecule has 6 nitrogen and oxygen atoms in total. The second kappa shape index (κ2) is 11.7. The second-order valence-corrected chi connectivity index (χ2v) is 7.80. The number of hydrogen-bond donors (Lipinski definition) is 1. The van der Waals surface area contributed by atoms with Gasteiger partial charge >= 0.3 is 0 Å². The van der Waals surface area contributed by atoms with Crippen molar-refractivity contribution in [3.63, 3.8) is 0 Å². The van der Waals surface area contributed by atoms with Gasteiger partial charge in [0, 0.05) is 45.7 Å². The number of fused-ring (bicyclic) bond motifs is 1. The molecule has 164 valence electrons. The van der Waals surface area contributed by atoms with Gasteiger partial charge in [0.1, 0.15) is 5.76 Å². The molecule has 2 saturated heterocycles. The van der Waals surface area contributed by atoms with Gasteiger partial charge in [0.2, 0.25) is 0 Å². The van der Waals surface area contributed by atoms with Gasteiger partial charge in [-0.25, -0.2) is 0 Å². The van der Waals surface area contributed by atoms with E-state index in [0.29, 0.717) is 6.04 Å². The van der Waals surface area contributed by atoms with Crippen molar-refractivity contribution in [2.45, 2.75) is 38.5 Å². The van der Waals surface area contributed by atoms with Crippen LogP contribution >= 0.6 is 24.0 Å². The van der Waals surface area contributed by atoms with Crippen molar-refractivity contribution in [1.82, 2.24) is 15.1 Å². The molecule has 0 amide bonds. The van der Waals surface area contributed by atoms with E-state index in [4.69, 9.17) is 14.1 Å². The first kappa shape index (κ1) is 23.1. The van der Waals surface area contributed by atoms with Gasteiger partial charge in [-0.15, -0.1) is 24.0 Å². The van der Waals surface area contributed by atoms with E-state index in [0.717, 1.165) is 70.4 Å². The number of likely N-dealkylation sites (tertiary alicyclic amines) is 1. The van der Waals surface area contributed by atoms with Crippen LogP contribution in [-0.4, -0.2) is 67.2 Å². The van der Waals surface area contributed by atoms with Gasteiger partial charge in [-0.05, 0) is 24.1 Å². The summed E-state index contributed by atoms with van der Waals surface area (Å²) in [6, 6.07) is 15.1. The summed E-state index contributed by atoms with van der Waals surface area (Å²) in [5.74, 6) is 2.00. The number of halogens is 1. The van der Waals surface area contributed by atoms with Gasteiger partial charge in [-0.1, -0.05) is 37.3 Å². The Hall–Kier alpha value is -1.58. The van der Waals surface area contributed by atoms with Crippen LogP contribution < -0.4 is 5.32 Å². The summed E-state index contributed by atoms with van der Waals surface area (Å²) >= 11 is 0. The Kier molecular flexibility index (Phi) is 9.02. The zero-order chi connectivity index (χ0) is 19.9. The molecule has 4 rings (SSSR count). The molecular formula is C23H33IN4O2. The van der Waals surface area contributed by atoms with Crippen LogP contribution in [0.3, 0.4) is 0 Å². The second-order valence-electron chi connectivity index (χ2n) is 7.80. The summed E-state index contributed by atoms with van der Waals surface area (Å²) in [7, 11) is 0. The van der Waals surface area contributed by atoms with Crippen molar-refractivity contribution in [3.8, 4) is 0 Å². The Morgan fingerprint density at radius 2 is 2.03 bits per heavy atom. The van der Waals surface area contributed by atoms with Gasteiger partial charge in [0.15, 0.2) is 5.96 Å². The molecule has 2 unspecified atom stereocenters. The standard InChI is InChI=1S/C23H32N4O2.HI/c1-2-11-24-23(25-12-10-20-9-6-14-28-20)27-17-21-22(18-27)29-15-13-26(21)16-19-7-4-3-5-8-19;/h3-9,14,21-22H,2,10-13,15-18H2,1H3,(H,24,25);1H. The summed E-state index contributed by atoms with van der Waals surface area (Å²) in [6.07, 6.45) is 3.87. The van der Waals surface area contributed by atoms with E-state index in [1.54, 1.807) is 6.26 Å². The molecule has 2 aliphatic rings. The normalized spacial score (nSPS) is 21.9. The number of benzene rings is 1. The van der Waals surface area contributed by atoms with E-state index in [1.807, 2.05) is 12.1 Å². The van der Waals surface area contributed by atoms with E-state index < -0.39 is 0 Å². The molecule has 30 heavy (non-hydrogen) atoms. The lowest BCUT2D eigenvalue weighted by Gasteiger charge is -2.36. The molecule has 0 aliphatic carbocycles. The third-order valence-electron chi connectivity index (χ3n) is 5.66. The number of nitrogens with zero attached hydrogens (tertiary/aromatic N) is 3. The van der Waals surface area contributed by atoms with Gasteiger partial charge in [-0.2, -0.15) is 0 Å². The van der Waals surface area contributed by atoms with Crippen molar-refractivity contribution in [1.29, 1.82) is 0 Å². The molecule has 0 bridgehead atoms. The molecular weight excluding hydrogens is 491 g/mol. The highest BCUT2D eigenvalue weighted by molar-refractivity contribution is 14.0. The molecule has 0 radical (unpaired) electrons. The topological polar surface area (TPSA) is 53.2 Å². The average Bonchev–Trinajstić information content (AvgIpc) is 3.41.